The molecule has 9 nitrogen and oxygen atoms in total. The minimum atomic E-state index is -2.62. The van der Waals surface area contributed by atoms with Gasteiger partial charge in [0.25, 0.3) is 0 Å². The number of nitrogens with two attached hydrogens (primary N) is 4. The molecule has 0 fully saturated rings. The van der Waals surface area contributed by atoms with Gasteiger partial charge in [0.15, 0.2) is 0 Å². The first-order valence-corrected chi connectivity index (χ1v) is 4.08. The molecule has 1 rings (SSSR count). The predicted octanol–water partition coefficient (Wildman–Crippen LogP) is -2.42. The highest BCUT2D eigenvalue weighted by atomic mass is 31.1. The van der Waals surface area contributed by atoms with E-state index in [1.165, 1.54) is 0 Å². The van der Waals surface area contributed by atoms with Crippen LogP contribution in [-0.2, 0) is 4.57 Å². The normalized spacial score (nSPS) is 9.85. The van der Waals surface area contributed by atoms with Gasteiger partial charge in [-0.3, -0.25) is 0 Å². The second kappa shape index (κ2) is 5.14. The Hall–Kier alpha value is -1.57. The van der Waals surface area contributed by atoms with Gasteiger partial charge in [0, 0.05) is 0 Å². The van der Waals surface area contributed by atoms with E-state index in [4.69, 9.17) is 26.7 Å². The second-order valence-corrected chi connectivity index (χ2v) is 2.27. The first-order valence-electron chi connectivity index (χ1n) is 2.83. The van der Waals surface area contributed by atoms with Crippen LogP contribution in [0, 0.1) is 0 Å². The Bertz CT molecular complexity index is 249. The maximum Gasteiger partial charge on any atom is 0.405 e. The van der Waals surface area contributed by atoms with Gasteiger partial charge in [0.1, 0.15) is 0 Å². The Morgan fingerprint density at radius 2 is 1.15 bits per heavy atom. The summed E-state index contributed by atoms with van der Waals surface area (Å²) in [6.45, 7) is 0. The van der Waals surface area contributed by atoms with E-state index in [0.717, 1.165) is 0 Å². The van der Waals surface area contributed by atoms with Crippen LogP contribution < -0.4 is 27.6 Å². The van der Waals surface area contributed by atoms with Crippen molar-refractivity contribution in [1.29, 1.82) is 0 Å². The third-order valence-electron chi connectivity index (χ3n) is 0.687. The number of hydrogen-bond acceptors (Lipinski definition) is 8. The smallest absolute Gasteiger partial charge is 0.405 e. The van der Waals surface area contributed by atoms with E-state index < -0.39 is 8.18 Å². The van der Waals surface area contributed by atoms with Crippen molar-refractivity contribution in [3.05, 3.63) is 0 Å². The Balaban J connectivity index is 0.000000310. The fourth-order valence-corrected chi connectivity index (χ4v) is 0.427. The molecule has 10 heteroatoms. The van der Waals surface area contributed by atoms with Crippen LogP contribution in [0.25, 0.3) is 0 Å². The van der Waals surface area contributed by atoms with Crippen molar-refractivity contribution >= 4 is 26.0 Å². The zero-order valence-corrected chi connectivity index (χ0v) is 7.31. The first kappa shape index (κ1) is 11.4. The van der Waals surface area contributed by atoms with Crippen LogP contribution in [0.2, 0.25) is 0 Å². The molecule has 1 aromatic heterocycles. The molecule has 0 amide bonds. The van der Waals surface area contributed by atoms with Gasteiger partial charge in [-0.2, -0.15) is 15.0 Å². The maximum absolute atomic E-state index is 8.81. The molecule has 0 spiro atoms. The summed E-state index contributed by atoms with van der Waals surface area (Å²) in [4.78, 5) is 19.3. The zero-order valence-electron chi connectivity index (χ0n) is 6.41. The molecule has 0 aliphatic heterocycles. The molecule has 0 bridgehead atoms. The van der Waals surface area contributed by atoms with Gasteiger partial charge < -0.3 is 22.1 Å². The van der Waals surface area contributed by atoms with E-state index >= 15 is 0 Å². The highest BCUT2D eigenvalue weighted by Gasteiger charge is 1.93. The largest absolute Gasteiger partial charge is 0.578 e. The lowest BCUT2D eigenvalue weighted by molar-refractivity contribution is -0.164. The Labute approximate surface area is 74.1 Å². The average Bonchev–Trinajstić information content (AvgIpc) is 1.80. The van der Waals surface area contributed by atoms with Crippen molar-refractivity contribution in [1.82, 2.24) is 15.0 Å². The minimum Gasteiger partial charge on any atom is -0.578 e. The Morgan fingerprint density at radius 1 is 1.00 bits per heavy atom. The van der Waals surface area contributed by atoms with E-state index in [0.29, 0.717) is 0 Å². The summed E-state index contributed by atoms with van der Waals surface area (Å²) in [6, 6.07) is 0. The molecule has 0 aromatic carbocycles. The first-order chi connectivity index (χ1) is 5.91. The Morgan fingerprint density at radius 3 is 1.31 bits per heavy atom. The van der Waals surface area contributed by atoms with Gasteiger partial charge in [-0.25, -0.2) is 0 Å². The summed E-state index contributed by atoms with van der Waals surface area (Å²) in [6.07, 6.45) is 0. The molecule has 13 heavy (non-hydrogen) atoms. The molecule has 0 aliphatic carbocycles. The van der Waals surface area contributed by atoms with Crippen molar-refractivity contribution in [2.24, 2.45) is 5.50 Å². The SMILES string of the molecule is N[P+](=O)[O-].Nc1nc(N)nc(N)n1. The maximum atomic E-state index is 8.81. The number of rotatable bonds is 0. The topological polar surface area (TPSA) is 183 Å². The van der Waals surface area contributed by atoms with Gasteiger partial charge in [-0.1, -0.05) is 4.57 Å². The molecule has 0 aliphatic rings. The molecule has 8 N–H and O–H groups in total. The monoisotopic (exact) mass is 205 g/mol. The number of hydrogen-bond donors (Lipinski definition) is 4. The van der Waals surface area contributed by atoms with Gasteiger partial charge in [0.2, 0.25) is 17.8 Å². The lowest BCUT2D eigenvalue weighted by Gasteiger charge is -1.93. The van der Waals surface area contributed by atoms with Crippen LogP contribution in [-0.4, -0.2) is 15.0 Å². The fraction of sp³-hybridized carbons (Fsp3) is 0. The highest BCUT2D eigenvalue weighted by Crippen LogP contribution is 1.97. The molecule has 72 valence electrons. The summed E-state index contributed by atoms with van der Waals surface area (Å²) < 4.78 is 8.81. The van der Waals surface area contributed by atoms with E-state index in [9.17, 15) is 0 Å². The van der Waals surface area contributed by atoms with Crippen LogP contribution in [0.5, 0.6) is 0 Å². The summed E-state index contributed by atoms with van der Waals surface area (Å²) in [5, 5.41) is 0. The summed E-state index contributed by atoms with van der Waals surface area (Å²) in [7, 11) is -2.62. The zero-order chi connectivity index (χ0) is 10.4. The van der Waals surface area contributed by atoms with Crippen molar-refractivity contribution in [3.8, 4) is 0 Å². The second-order valence-electron chi connectivity index (χ2n) is 1.70. The summed E-state index contributed by atoms with van der Waals surface area (Å²) in [5.74, 6) is 0.125. The molecule has 0 radical (unpaired) electrons. The van der Waals surface area contributed by atoms with Crippen LogP contribution >= 0.6 is 8.18 Å². The molecule has 0 saturated heterocycles. The van der Waals surface area contributed by atoms with E-state index in [1.54, 1.807) is 0 Å². The van der Waals surface area contributed by atoms with Crippen molar-refractivity contribution in [3.63, 3.8) is 0 Å². The highest BCUT2D eigenvalue weighted by molar-refractivity contribution is 7.33. The third-order valence-corrected chi connectivity index (χ3v) is 0.687. The van der Waals surface area contributed by atoms with Crippen molar-refractivity contribution in [2.45, 2.75) is 0 Å². The number of aromatic nitrogens is 3. The molecular formula is C3H8N7O2P. The minimum absolute atomic E-state index is 0.0417. The molecular weight excluding hydrogens is 197 g/mol. The van der Waals surface area contributed by atoms with Gasteiger partial charge in [-0.05, 0) is 0 Å². The average molecular weight is 205 g/mol. The molecule has 1 heterocycles. The molecule has 1 unspecified atom stereocenters. The molecule has 0 saturated carbocycles. The van der Waals surface area contributed by atoms with Crippen molar-refractivity contribution in [2.75, 3.05) is 17.2 Å². The standard InChI is InChI=1S/C3H6N6.H2NO2P/c4-1-7-2(5)9-3(6)8-1;1-4(2)3/h(H6,4,5,6,7,8,9);(H2,1,2,3). The van der Waals surface area contributed by atoms with Crippen LogP contribution in [0.1, 0.15) is 0 Å². The fourth-order valence-electron chi connectivity index (χ4n) is 0.427. The quantitative estimate of drug-likeness (QED) is 0.334. The number of nitrogen functional groups attached to an aromatic ring is 3. The van der Waals surface area contributed by atoms with Gasteiger partial charge in [0.05, 0.1) is 0 Å². The summed E-state index contributed by atoms with van der Waals surface area (Å²) >= 11 is 0. The number of anilines is 3. The Kier molecular flexibility index (Phi) is 4.52. The van der Waals surface area contributed by atoms with Crippen LogP contribution in [0.3, 0.4) is 0 Å². The predicted molar refractivity (Wildman–Crippen MR) is 44.9 cm³/mol. The van der Waals surface area contributed by atoms with Crippen LogP contribution in [0.15, 0.2) is 0 Å². The number of nitrogens with zero attached hydrogens (tertiary/aromatic N) is 3. The summed E-state index contributed by atoms with van der Waals surface area (Å²) in [5.41, 5.74) is 19.5. The lowest BCUT2D eigenvalue weighted by Crippen LogP contribution is -2.05. The molecule has 1 aromatic rings. The molecule has 1 atom stereocenters. The van der Waals surface area contributed by atoms with E-state index in [2.05, 4.69) is 20.5 Å². The van der Waals surface area contributed by atoms with Crippen molar-refractivity contribution < 1.29 is 9.46 Å². The van der Waals surface area contributed by atoms with Gasteiger partial charge >= 0.3 is 8.18 Å². The van der Waals surface area contributed by atoms with E-state index in [-0.39, 0.29) is 17.8 Å². The van der Waals surface area contributed by atoms with Crippen LogP contribution in [0.4, 0.5) is 17.8 Å². The third kappa shape index (κ3) is 6.81. The van der Waals surface area contributed by atoms with E-state index in [1.807, 2.05) is 0 Å². The van der Waals surface area contributed by atoms with Gasteiger partial charge in [-0.15, -0.1) is 5.50 Å². The lowest BCUT2D eigenvalue weighted by atomic mass is 10.9.